The van der Waals surface area contributed by atoms with E-state index in [2.05, 4.69) is 18.2 Å². The molecule has 3 rings (SSSR count). The Morgan fingerprint density at radius 3 is 2.40 bits per heavy atom. The first-order valence-corrected chi connectivity index (χ1v) is 7.64. The van der Waals surface area contributed by atoms with Crippen molar-refractivity contribution in [1.29, 1.82) is 0 Å². The number of halogens is 1. The summed E-state index contributed by atoms with van der Waals surface area (Å²) in [4.78, 5) is 0. The van der Waals surface area contributed by atoms with Crippen molar-refractivity contribution in [2.45, 2.75) is 38.2 Å². The summed E-state index contributed by atoms with van der Waals surface area (Å²) in [5.74, 6) is 0. The van der Waals surface area contributed by atoms with Crippen LogP contribution in [-0.4, -0.2) is 5.11 Å². The molecule has 0 radical (unpaired) electrons. The fraction of sp³-hybridized carbons (Fsp3) is 0.333. The van der Waals surface area contributed by atoms with Gasteiger partial charge in [-0.05, 0) is 60.1 Å². The van der Waals surface area contributed by atoms with E-state index in [9.17, 15) is 5.11 Å². The summed E-state index contributed by atoms with van der Waals surface area (Å²) in [6.07, 6.45) is 5.09. The maximum atomic E-state index is 10.4. The van der Waals surface area contributed by atoms with E-state index in [1.807, 2.05) is 24.3 Å². The second-order valence-corrected chi connectivity index (χ2v) is 6.02. The van der Waals surface area contributed by atoms with Gasteiger partial charge in [0.2, 0.25) is 0 Å². The van der Waals surface area contributed by atoms with Crippen molar-refractivity contribution in [1.82, 2.24) is 0 Å². The highest BCUT2D eigenvalue weighted by molar-refractivity contribution is 6.30. The molecule has 0 fully saturated rings. The molecule has 0 saturated heterocycles. The first-order chi connectivity index (χ1) is 9.72. The zero-order chi connectivity index (χ0) is 13.9. The third-order valence-electron chi connectivity index (χ3n) is 4.10. The van der Waals surface area contributed by atoms with Gasteiger partial charge in [-0.25, -0.2) is 0 Å². The molecule has 2 heteroatoms. The maximum Gasteiger partial charge on any atom is 0.0830 e. The first-order valence-electron chi connectivity index (χ1n) is 7.26. The van der Waals surface area contributed by atoms with Crippen molar-refractivity contribution in [2.75, 3.05) is 0 Å². The van der Waals surface area contributed by atoms with Crippen LogP contribution < -0.4 is 0 Å². The molecule has 1 N–H and O–H groups in total. The molecule has 0 aliphatic heterocycles. The minimum atomic E-state index is -0.441. The molecule has 0 aromatic heterocycles. The number of aryl methyl sites for hydroxylation is 2. The number of hydrogen-bond acceptors (Lipinski definition) is 1. The van der Waals surface area contributed by atoms with Crippen LogP contribution in [0.25, 0.3) is 0 Å². The minimum Gasteiger partial charge on any atom is -0.388 e. The van der Waals surface area contributed by atoms with Crippen LogP contribution in [0.3, 0.4) is 0 Å². The highest BCUT2D eigenvalue weighted by Crippen LogP contribution is 2.26. The van der Waals surface area contributed by atoms with E-state index < -0.39 is 6.10 Å². The van der Waals surface area contributed by atoms with Crippen molar-refractivity contribution in [2.24, 2.45) is 0 Å². The van der Waals surface area contributed by atoms with Crippen LogP contribution in [0, 0.1) is 0 Å². The predicted octanol–water partition coefficient (Wildman–Crippen LogP) is 4.49. The minimum absolute atomic E-state index is 0.441. The number of aliphatic hydroxyl groups excluding tert-OH is 1. The van der Waals surface area contributed by atoms with Gasteiger partial charge in [0.1, 0.15) is 0 Å². The molecule has 1 aliphatic carbocycles. The average Bonchev–Trinajstić information content (AvgIpc) is 2.49. The molecule has 1 unspecified atom stereocenters. The van der Waals surface area contributed by atoms with Gasteiger partial charge in [-0.1, -0.05) is 41.9 Å². The molecule has 2 aromatic rings. The lowest BCUT2D eigenvalue weighted by atomic mass is 9.89. The predicted molar refractivity (Wildman–Crippen MR) is 83.2 cm³/mol. The summed E-state index contributed by atoms with van der Waals surface area (Å²) in [6, 6.07) is 14.1. The summed E-state index contributed by atoms with van der Waals surface area (Å²) < 4.78 is 0. The lowest BCUT2D eigenvalue weighted by Crippen LogP contribution is -2.07. The highest BCUT2D eigenvalue weighted by atomic mass is 35.5. The molecule has 1 nitrogen and oxygen atoms in total. The Balaban J connectivity index is 1.76. The fourth-order valence-electron chi connectivity index (χ4n) is 2.92. The summed E-state index contributed by atoms with van der Waals surface area (Å²) >= 11 is 5.88. The summed E-state index contributed by atoms with van der Waals surface area (Å²) in [7, 11) is 0. The van der Waals surface area contributed by atoms with E-state index in [1.54, 1.807) is 0 Å². The Morgan fingerprint density at radius 2 is 1.65 bits per heavy atom. The Labute approximate surface area is 125 Å². The quantitative estimate of drug-likeness (QED) is 0.881. The van der Waals surface area contributed by atoms with Crippen molar-refractivity contribution in [3.05, 3.63) is 69.7 Å². The molecule has 20 heavy (non-hydrogen) atoms. The van der Waals surface area contributed by atoms with Crippen molar-refractivity contribution in [3.8, 4) is 0 Å². The van der Waals surface area contributed by atoms with Gasteiger partial charge in [0.05, 0.1) is 6.10 Å². The van der Waals surface area contributed by atoms with Gasteiger partial charge in [0.15, 0.2) is 0 Å². The molecule has 0 bridgehead atoms. The van der Waals surface area contributed by atoms with E-state index in [0.717, 1.165) is 22.6 Å². The largest absolute Gasteiger partial charge is 0.388 e. The van der Waals surface area contributed by atoms with Crippen LogP contribution in [0.5, 0.6) is 0 Å². The third kappa shape index (κ3) is 3.05. The maximum absolute atomic E-state index is 10.4. The van der Waals surface area contributed by atoms with E-state index >= 15 is 0 Å². The first kappa shape index (κ1) is 13.7. The Bertz CT molecular complexity index is 589. The summed E-state index contributed by atoms with van der Waals surface area (Å²) in [5, 5.41) is 11.1. The van der Waals surface area contributed by atoms with Gasteiger partial charge in [0.25, 0.3) is 0 Å². The van der Waals surface area contributed by atoms with Crippen molar-refractivity contribution < 1.29 is 5.11 Å². The van der Waals surface area contributed by atoms with E-state index in [0.29, 0.717) is 6.42 Å². The van der Waals surface area contributed by atoms with Crippen LogP contribution in [0.4, 0.5) is 0 Å². The molecule has 0 heterocycles. The van der Waals surface area contributed by atoms with Gasteiger partial charge >= 0.3 is 0 Å². The molecule has 1 atom stereocenters. The van der Waals surface area contributed by atoms with Gasteiger partial charge in [-0.3, -0.25) is 0 Å². The van der Waals surface area contributed by atoms with Crippen molar-refractivity contribution >= 4 is 11.6 Å². The number of benzene rings is 2. The number of rotatable bonds is 3. The molecule has 0 amide bonds. The van der Waals surface area contributed by atoms with E-state index in [-0.39, 0.29) is 0 Å². The average molecular weight is 287 g/mol. The van der Waals surface area contributed by atoms with Crippen LogP contribution in [-0.2, 0) is 19.3 Å². The van der Waals surface area contributed by atoms with Crippen LogP contribution >= 0.6 is 11.6 Å². The Morgan fingerprint density at radius 1 is 0.950 bits per heavy atom. The second-order valence-electron chi connectivity index (χ2n) is 5.58. The van der Waals surface area contributed by atoms with E-state index in [4.69, 9.17) is 11.6 Å². The topological polar surface area (TPSA) is 20.2 Å². The zero-order valence-electron chi connectivity index (χ0n) is 11.5. The normalized spacial score (nSPS) is 15.7. The molecule has 0 spiro atoms. The Kier molecular flexibility index (Phi) is 4.09. The Hall–Kier alpha value is -1.31. The molecule has 0 saturated carbocycles. The van der Waals surface area contributed by atoms with Gasteiger partial charge < -0.3 is 5.11 Å². The van der Waals surface area contributed by atoms with Crippen LogP contribution in [0.1, 0.15) is 41.2 Å². The molecule has 1 aliphatic rings. The summed E-state index contributed by atoms with van der Waals surface area (Å²) in [5.41, 5.74) is 5.02. The fourth-order valence-corrected chi connectivity index (χ4v) is 3.05. The second kappa shape index (κ2) is 5.99. The number of hydrogen-bond donors (Lipinski definition) is 1. The smallest absolute Gasteiger partial charge is 0.0830 e. The highest BCUT2D eigenvalue weighted by Gasteiger charge is 2.13. The number of fused-ring (bicyclic) bond motifs is 1. The van der Waals surface area contributed by atoms with Gasteiger partial charge in [-0.2, -0.15) is 0 Å². The van der Waals surface area contributed by atoms with Crippen molar-refractivity contribution in [3.63, 3.8) is 0 Å². The van der Waals surface area contributed by atoms with Crippen LogP contribution in [0.2, 0.25) is 5.02 Å². The zero-order valence-corrected chi connectivity index (χ0v) is 12.2. The van der Waals surface area contributed by atoms with Gasteiger partial charge in [0, 0.05) is 11.4 Å². The number of aliphatic hydroxyl groups is 1. The molecule has 2 aromatic carbocycles. The molecule has 104 valence electrons. The third-order valence-corrected chi connectivity index (χ3v) is 4.35. The monoisotopic (exact) mass is 286 g/mol. The van der Waals surface area contributed by atoms with Gasteiger partial charge in [-0.15, -0.1) is 0 Å². The molecular weight excluding hydrogens is 268 g/mol. The van der Waals surface area contributed by atoms with Crippen LogP contribution in [0.15, 0.2) is 42.5 Å². The molecular formula is C18H19ClO. The SMILES string of the molecule is OC(Cc1ccc(Cl)cc1)c1ccc2c(c1)CCCC2. The standard InChI is InChI=1S/C18H19ClO/c19-17-9-5-13(6-10-17)11-18(20)16-8-7-14-3-1-2-4-15(14)12-16/h5-10,12,18,20H,1-4,11H2. The van der Waals surface area contributed by atoms with E-state index in [1.165, 1.54) is 30.4 Å². The lowest BCUT2D eigenvalue weighted by Gasteiger charge is -2.19. The lowest BCUT2D eigenvalue weighted by molar-refractivity contribution is 0.178. The summed E-state index contributed by atoms with van der Waals surface area (Å²) in [6.45, 7) is 0.